The van der Waals surface area contributed by atoms with E-state index in [0.717, 1.165) is 11.3 Å². The molecule has 39 heavy (non-hydrogen) atoms. The van der Waals surface area contributed by atoms with Crippen LogP contribution >= 0.6 is 0 Å². The van der Waals surface area contributed by atoms with Crippen LogP contribution in [-0.2, 0) is 5.41 Å². The van der Waals surface area contributed by atoms with Crippen molar-refractivity contribution in [3.05, 3.63) is 95.7 Å². The second-order valence-electron chi connectivity index (χ2n) is 13.9. The molecule has 2 atom stereocenters. The van der Waals surface area contributed by atoms with Crippen LogP contribution in [0.25, 0.3) is 6.08 Å². The molecule has 0 N–H and O–H groups in total. The third-order valence-electron chi connectivity index (χ3n) is 9.10. The maximum absolute atomic E-state index is 5.83. The summed E-state index contributed by atoms with van der Waals surface area (Å²) < 4.78 is 5.83. The zero-order chi connectivity index (χ0) is 30.2. The second-order valence-corrected chi connectivity index (χ2v) is 13.9. The molecule has 0 radical (unpaired) electrons. The SMILES string of the molecule is C=CC(C)(/C=C/c1ccc(C(C)(C)C(C)C)c(OC)c1)C(C)(C)/C=C(\C=C/C)/C=C/C(C)=C/C(C)C(C)(C)C. The fourth-order valence-electron chi connectivity index (χ4n) is 4.31. The zero-order valence-electron chi connectivity index (χ0n) is 27.7. The van der Waals surface area contributed by atoms with Crippen LogP contribution in [0.15, 0.2) is 84.5 Å². The summed E-state index contributed by atoms with van der Waals surface area (Å²) in [7, 11) is 1.77. The van der Waals surface area contributed by atoms with Gasteiger partial charge in [-0.05, 0) is 59.1 Å². The van der Waals surface area contributed by atoms with Gasteiger partial charge in [0.1, 0.15) is 5.75 Å². The Bertz CT molecular complexity index is 1110. The van der Waals surface area contributed by atoms with Crippen molar-refractivity contribution >= 4 is 6.08 Å². The molecule has 0 aliphatic rings. The van der Waals surface area contributed by atoms with Crippen LogP contribution in [0.1, 0.15) is 101 Å². The average molecular weight is 531 g/mol. The van der Waals surface area contributed by atoms with Crippen molar-refractivity contribution < 1.29 is 4.74 Å². The lowest BCUT2D eigenvalue weighted by atomic mass is 9.65. The lowest BCUT2D eigenvalue weighted by molar-refractivity contribution is 0.273. The minimum Gasteiger partial charge on any atom is -0.496 e. The second kappa shape index (κ2) is 13.7. The number of rotatable bonds is 12. The molecule has 0 aliphatic carbocycles. The summed E-state index contributed by atoms with van der Waals surface area (Å²) in [5.41, 5.74) is 4.71. The van der Waals surface area contributed by atoms with Gasteiger partial charge in [0.2, 0.25) is 0 Å². The molecule has 2 unspecified atom stereocenters. The normalized spacial score (nSPS) is 16.9. The molecule has 0 fully saturated rings. The molecule has 1 aromatic rings. The molecule has 0 heterocycles. The van der Waals surface area contributed by atoms with Gasteiger partial charge in [0.25, 0.3) is 0 Å². The first kappa shape index (κ1) is 34.5. The zero-order valence-corrected chi connectivity index (χ0v) is 27.7. The minimum absolute atomic E-state index is 0.0328. The number of hydrogen-bond donors (Lipinski definition) is 0. The van der Waals surface area contributed by atoms with Gasteiger partial charge < -0.3 is 4.74 Å². The van der Waals surface area contributed by atoms with Gasteiger partial charge in [0, 0.05) is 11.0 Å². The third-order valence-corrected chi connectivity index (χ3v) is 9.10. The Morgan fingerprint density at radius 1 is 0.923 bits per heavy atom. The van der Waals surface area contributed by atoms with Gasteiger partial charge in [-0.1, -0.05) is 149 Å². The monoisotopic (exact) mass is 530 g/mol. The van der Waals surface area contributed by atoms with Crippen molar-refractivity contribution in [2.45, 2.75) is 95.4 Å². The Kier molecular flexibility index (Phi) is 12.1. The van der Waals surface area contributed by atoms with Gasteiger partial charge in [0.05, 0.1) is 7.11 Å². The Labute approximate surface area is 242 Å². The molecule has 0 saturated carbocycles. The molecule has 0 saturated heterocycles. The first-order valence-corrected chi connectivity index (χ1v) is 14.6. The van der Waals surface area contributed by atoms with Crippen LogP contribution in [0.2, 0.25) is 0 Å². The van der Waals surface area contributed by atoms with Crippen molar-refractivity contribution in [1.29, 1.82) is 0 Å². The van der Waals surface area contributed by atoms with Crippen LogP contribution in [0.3, 0.4) is 0 Å². The van der Waals surface area contributed by atoms with E-state index in [1.807, 2.05) is 0 Å². The molecule has 1 rings (SSSR count). The topological polar surface area (TPSA) is 9.23 Å². The average Bonchev–Trinajstić information content (AvgIpc) is 2.84. The highest BCUT2D eigenvalue weighted by atomic mass is 16.5. The summed E-state index contributed by atoms with van der Waals surface area (Å²) in [6.07, 6.45) is 20.1. The summed E-state index contributed by atoms with van der Waals surface area (Å²) in [5, 5.41) is 0. The van der Waals surface area contributed by atoms with E-state index in [2.05, 4.69) is 169 Å². The maximum atomic E-state index is 5.83. The van der Waals surface area contributed by atoms with Crippen molar-refractivity contribution in [3.63, 3.8) is 0 Å². The van der Waals surface area contributed by atoms with E-state index in [4.69, 9.17) is 4.74 Å². The Morgan fingerprint density at radius 3 is 2.03 bits per heavy atom. The van der Waals surface area contributed by atoms with Crippen LogP contribution in [0.5, 0.6) is 5.75 Å². The van der Waals surface area contributed by atoms with E-state index in [1.54, 1.807) is 7.11 Å². The quantitative estimate of drug-likeness (QED) is 0.193. The fraction of sp³-hybridized carbons (Fsp3) is 0.526. The maximum Gasteiger partial charge on any atom is 0.123 e. The number of benzene rings is 1. The summed E-state index contributed by atoms with van der Waals surface area (Å²) in [6, 6.07) is 6.58. The van der Waals surface area contributed by atoms with Crippen molar-refractivity contribution in [1.82, 2.24) is 0 Å². The molecule has 1 aromatic carbocycles. The van der Waals surface area contributed by atoms with E-state index < -0.39 is 0 Å². The summed E-state index contributed by atoms with van der Waals surface area (Å²) in [4.78, 5) is 0. The molecule has 216 valence electrons. The summed E-state index contributed by atoms with van der Waals surface area (Å²) >= 11 is 0. The highest BCUT2D eigenvalue weighted by molar-refractivity contribution is 5.56. The first-order chi connectivity index (χ1) is 17.8. The van der Waals surface area contributed by atoms with Gasteiger partial charge in [-0.2, -0.15) is 0 Å². The first-order valence-electron chi connectivity index (χ1n) is 14.6. The molecule has 0 bridgehead atoms. The van der Waals surface area contributed by atoms with E-state index in [-0.39, 0.29) is 21.7 Å². The molecule has 0 aromatic heterocycles. The van der Waals surface area contributed by atoms with Crippen LogP contribution in [0, 0.1) is 28.1 Å². The van der Waals surface area contributed by atoms with Crippen LogP contribution < -0.4 is 4.74 Å². The third kappa shape index (κ3) is 9.26. The van der Waals surface area contributed by atoms with Gasteiger partial charge in [-0.25, -0.2) is 0 Å². The van der Waals surface area contributed by atoms with Crippen molar-refractivity contribution in [2.24, 2.45) is 28.1 Å². The molecular formula is C38H58O. The predicted octanol–water partition coefficient (Wildman–Crippen LogP) is 11.5. The van der Waals surface area contributed by atoms with Gasteiger partial charge in [0.15, 0.2) is 0 Å². The van der Waals surface area contributed by atoms with E-state index >= 15 is 0 Å². The number of hydrogen-bond acceptors (Lipinski definition) is 1. The standard InChI is InChI=1S/C38H58O/c1-16-18-32(20-19-29(5)25-30(6)35(7,8)9)27-36(10,11)38(14,17-2)24-23-31-21-22-33(34(26-31)39-15)37(12,13)28(3)4/h16-28,30H,2H2,1,3-15H3/b18-16-,20-19+,24-23+,29-25+,32-27+. The Morgan fingerprint density at radius 2 is 1.54 bits per heavy atom. The Balaban J connectivity index is 3.40. The number of ether oxygens (including phenoxy) is 1. The van der Waals surface area contributed by atoms with E-state index in [1.165, 1.54) is 16.7 Å². The molecular weight excluding hydrogens is 472 g/mol. The lowest BCUT2D eigenvalue weighted by Crippen LogP contribution is -2.30. The number of allylic oxidation sites excluding steroid dienone is 10. The van der Waals surface area contributed by atoms with Gasteiger partial charge in [-0.15, -0.1) is 6.58 Å². The highest BCUT2D eigenvalue weighted by Gasteiger charge is 2.35. The van der Waals surface area contributed by atoms with E-state index in [0.29, 0.717) is 11.8 Å². The number of methoxy groups -OCH3 is 1. The minimum atomic E-state index is -0.261. The molecule has 0 aliphatic heterocycles. The summed E-state index contributed by atoms with van der Waals surface area (Å²) in [5.74, 6) is 1.96. The lowest BCUT2D eigenvalue weighted by Gasteiger charge is -2.38. The Hall–Kier alpha value is -2.54. The van der Waals surface area contributed by atoms with Crippen molar-refractivity contribution in [2.75, 3.05) is 7.11 Å². The van der Waals surface area contributed by atoms with Gasteiger partial charge >= 0.3 is 0 Å². The van der Waals surface area contributed by atoms with Crippen LogP contribution in [-0.4, -0.2) is 7.11 Å². The highest BCUT2D eigenvalue weighted by Crippen LogP contribution is 2.44. The van der Waals surface area contributed by atoms with Gasteiger partial charge in [-0.3, -0.25) is 0 Å². The summed E-state index contributed by atoms with van der Waals surface area (Å²) in [6.45, 7) is 33.6. The molecule has 0 amide bonds. The largest absolute Gasteiger partial charge is 0.496 e. The fourth-order valence-corrected chi connectivity index (χ4v) is 4.31. The molecule has 1 nitrogen and oxygen atoms in total. The smallest absolute Gasteiger partial charge is 0.123 e. The van der Waals surface area contributed by atoms with E-state index in [9.17, 15) is 0 Å². The molecule has 0 spiro atoms. The molecule has 1 heteroatoms. The predicted molar refractivity (Wildman–Crippen MR) is 176 cm³/mol. The van der Waals surface area contributed by atoms with Crippen LogP contribution in [0.4, 0.5) is 0 Å². The van der Waals surface area contributed by atoms with Crippen molar-refractivity contribution in [3.8, 4) is 5.75 Å².